The van der Waals surface area contributed by atoms with Crippen LogP contribution in [-0.4, -0.2) is 23.0 Å². The van der Waals surface area contributed by atoms with E-state index in [0.29, 0.717) is 18.0 Å². The Bertz CT molecular complexity index is 587. The molecule has 0 fully saturated rings. The Morgan fingerprint density at radius 1 is 1.30 bits per heavy atom. The van der Waals surface area contributed by atoms with E-state index >= 15 is 0 Å². The van der Waals surface area contributed by atoms with E-state index in [4.69, 9.17) is 16.3 Å². The van der Waals surface area contributed by atoms with Gasteiger partial charge in [-0.25, -0.2) is 9.97 Å². The number of nitrogens with zero attached hydrogens (tertiary/aromatic N) is 2. The Hall–Kier alpha value is -2.14. The highest BCUT2D eigenvalue weighted by atomic mass is 35.5. The third-order valence-electron chi connectivity index (χ3n) is 2.67. The predicted octanol–water partition coefficient (Wildman–Crippen LogP) is 2.71. The minimum atomic E-state index is -0.150. The van der Waals surface area contributed by atoms with Gasteiger partial charge in [0.15, 0.2) is 0 Å². The maximum atomic E-state index is 11.8. The topological polar surface area (TPSA) is 64.1 Å². The van der Waals surface area contributed by atoms with Crippen molar-refractivity contribution in [2.45, 2.75) is 12.8 Å². The van der Waals surface area contributed by atoms with Crippen molar-refractivity contribution < 1.29 is 9.53 Å². The Balaban J connectivity index is 1.85. The first-order valence-electron chi connectivity index (χ1n) is 6.08. The Morgan fingerprint density at radius 2 is 2.05 bits per heavy atom. The van der Waals surface area contributed by atoms with Crippen LogP contribution in [0.15, 0.2) is 36.5 Å². The summed E-state index contributed by atoms with van der Waals surface area (Å²) in [5.41, 5.74) is 1.06. The number of methoxy groups -OCH3 is 1. The van der Waals surface area contributed by atoms with E-state index in [2.05, 4.69) is 15.3 Å². The monoisotopic (exact) mass is 291 g/mol. The molecule has 1 aromatic carbocycles. The largest absolute Gasteiger partial charge is 0.497 e. The average Bonchev–Trinajstić information content (AvgIpc) is 2.46. The molecule has 20 heavy (non-hydrogen) atoms. The molecule has 2 aromatic rings. The summed E-state index contributed by atoms with van der Waals surface area (Å²) >= 11 is 5.72. The van der Waals surface area contributed by atoms with Gasteiger partial charge in [-0.1, -0.05) is 23.7 Å². The first-order valence-corrected chi connectivity index (χ1v) is 6.46. The highest BCUT2D eigenvalue weighted by Crippen LogP contribution is 2.13. The summed E-state index contributed by atoms with van der Waals surface area (Å²) in [4.78, 5) is 19.6. The van der Waals surface area contributed by atoms with Gasteiger partial charge in [-0.3, -0.25) is 10.1 Å². The third-order valence-corrected chi connectivity index (χ3v) is 2.88. The van der Waals surface area contributed by atoms with Gasteiger partial charge in [0.05, 0.1) is 7.11 Å². The van der Waals surface area contributed by atoms with Crippen LogP contribution in [0.2, 0.25) is 5.15 Å². The summed E-state index contributed by atoms with van der Waals surface area (Å²) in [6.45, 7) is 0. The molecule has 0 saturated heterocycles. The molecule has 104 valence electrons. The normalized spacial score (nSPS) is 10.1. The number of anilines is 1. The van der Waals surface area contributed by atoms with Gasteiger partial charge in [-0.05, 0) is 30.2 Å². The number of hydrogen-bond donors (Lipinski definition) is 1. The van der Waals surface area contributed by atoms with Gasteiger partial charge < -0.3 is 4.74 Å². The molecule has 0 saturated carbocycles. The van der Waals surface area contributed by atoms with E-state index in [9.17, 15) is 4.79 Å². The molecule has 0 aliphatic rings. The fourth-order valence-electron chi connectivity index (χ4n) is 1.63. The van der Waals surface area contributed by atoms with E-state index < -0.39 is 0 Å². The van der Waals surface area contributed by atoms with E-state index in [1.165, 1.54) is 6.20 Å². The highest BCUT2D eigenvalue weighted by Gasteiger charge is 2.05. The summed E-state index contributed by atoms with van der Waals surface area (Å²) in [7, 11) is 1.62. The number of nitrogens with one attached hydrogen (secondary N) is 1. The van der Waals surface area contributed by atoms with Gasteiger partial charge in [0, 0.05) is 12.6 Å². The van der Waals surface area contributed by atoms with Gasteiger partial charge in [0.2, 0.25) is 11.9 Å². The zero-order valence-electron chi connectivity index (χ0n) is 11.0. The summed E-state index contributed by atoms with van der Waals surface area (Å²) < 4.78 is 5.08. The smallest absolute Gasteiger partial charge is 0.230 e. The van der Waals surface area contributed by atoms with E-state index in [1.807, 2.05) is 24.3 Å². The predicted molar refractivity (Wildman–Crippen MR) is 77.0 cm³/mol. The van der Waals surface area contributed by atoms with E-state index in [1.54, 1.807) is 13.2 Å². The number of ether oxygens (including phenoxy) is 1. The average molecular weight is 292 g/mol. The molecule has 0 aliphatic carbocycles. The zero-order chi connectivity index (χ0) is 14.4. The van der Waals surface area contributed by atoms with E-state index in [-0.39, 0.29) is 11.9 Å². The molecule has 0 atom stereocenters. The quantitative estimate of drug-likeness (QED) is 0.860. The van der Waals surface area contributed by atoms with Crippen molar-refractivity contribution in [2.24, 2.45) is 0 Å². The standard InChI is InChI=1S/C14H14ClN3O2/c1-20-11-5-2-10(3-6-11)4-7-13(19)18-14-16-9-8-12(15)17-14/h2-3,5-6,8-9H,4,7H2,1H3,(H,16,17,18,19). The number of aromatic nitrogens is 2. The van der Waals surface area contributed by atoms with Crippen LogP contribution in [0.3, 0.4) is 0 Å². The van der Waals surface area contributed by atoms with Crippen molar-refractivity contribution in [3.8, 4) is 5.75 Å². The second-order valence-corrected chi connectivity index (χ2v) is 4.49. The van der Waals surface area contributed by atoms with Crippen LogP contribution < -0.4 is 10.1 Å². The number of carbonyl (C=O) groups is 1. The molecule has 2 rings (SSSR count). The maximum Gasteiger partial charge on any atom is 0.230 e. The molecule has 0 unspecified atom stereocenters. The number of aryl methyl sites for hydroxylation is 1. The lowest BCUT2D eigenvalue weighted by Gasteiger charge is -2.05. The molecule has 0 radical (unpaired) electrons. The van der Waals surface area contributed by atoms with Gasteiger partial charge >= 0.3 is 0 Å². The highest BCUT2D eigenvalue weighted by molar-refractivity contribution is 6.29. The minimum Gasteiger partial charge on any atom is -0.497 e. The molecule has 0 bridgehead atoms. The summed E-state index contributed by atoms with van der Waals surface area (Å²) in [6, 6.07) is 9.15. The van der Waals surface area contributed by atoms with Crippen molar-refractivity contribution in [1.29, 1.82) is 0 Å². The fraction of sp³-hybridized carbons (Fsp3) is 0.214. The molecule has 1 amide bonds. The molecule has 1 N–H and O–H groups in total. The van der Waals surface area contributed by atoms with Crippen molar-refractivity contribution in [1.82, 2.24) is 9.97 Å². The van der Waals surface area contributed by atoms with Crippen LogP contribution in [0, 0.1) is 0 Å². The third kappa shape index (κ3) is 4.20. The van der Waals surface area contributed by atoms with Crippen LogP contribution in [0.5, 0.6) is 5.75 Å². The number of rotatable bonds is 5. The van der Waals surface area contributed by atoms with Crippen LogP contribution >= 0.6 is 11.6 Å². The lowest BCUT2D eigenvalue weighted by Crippen LogP contribution is -2.14. The summed E-state index contributed by atoms with van der Waals surface area (Å²) in [6.07, 6.45) is 2.48. The first kappa shape index (κ1) is 14.3. The minimum absolute atomic E-state index is 0.150. The number of halogens is 1. The molecule has 6 heteroatoms. The molecule has 1 aromatic heterocycles. The molecule has 0 aliphatic heterocycles. The van der Waals surface area contributed by atoms with Crippen molar-refractivity contribution in [3.63, 3.8) is 0 Å². The van der Waals surface area contributed by atoms with Gasteiger partial charge in [0.25, 0.3) is 0 Å². The van der Waals surface area contributed by atoms with Crippen LogP contribution in [-0.2, 0) is 11.2 Å². The van der Waals surface area contributed by atoms with Crippen molar-refractivity contribution in [3.05, 3.63) is 47.2 Å². The Kier molecular flexibility index (Phi) is 4.90. The van der Waals surface area contributed by atoms with Gasteiger partial charge in [-0.2, -0.15) is 0 Å². The van der Waals surface area contributed by atoms with Crippen molar-refractivity contribution in [2.75, 3.05) is 12.4 Å². The van der Waals surface area contributed by atoms with Crippen LogP contribution in [0.4, 0.5) is 5.95 Å². The molecular formula is C14H14ClN3O2. The number of carbonyl (C=O) groups excluding carboxylic acids is 1. The molecular weight excluding hydrogens is 278 g/mol. The van der Waals surface area contributed by atoms with Crippen LogP contribution in [0.1, 0.15) is 12.0 Å². The lowest BCUT2D eigenvalue weighted by atomic mass is 10.1. The Morgan fingerprint density at radius 3 is 2.70 bits per heavy atom. The summed E-state index contributed by atoms with van der Waals surface area (Å²) in [5, 5.41) is 2.90. The van der Waals surface area contributed by atoms with E-state index in [0.717, 1.165) is 11.3 Å². The SMILES string of the molecule is COc1ccc(CCC(=O)Nc2nccc(Cl)n2)cc1. The molecule has 1 heterocycles. The fourth-order valence-corrected chi connectivity index (χ4v) is 1.77. The van der Waals surface area contributed by atoms with Gasteiger partial charge in [-0.15, -0.1) is 0 Å². The number of benzene rings is 1. The second-order valence-electron chi connectivity index (χ2n) is 4.10. The molecule has 0 spiro atoms. The molecule has 5 nitrogen and oxygen atoms in total. The Labute approximate surface area is 122 Å². The zero-order valence-corrected chi connectivity index (χ0v) is 11.7. The van der Waals surface area contributed by atoms with Crippen molar-refractivity contribution >= 4 is 23.5 Å². The van der Waals surface area contributed by atoms with Gasteiger partial charge in [0.1, 0.15) is 10.9 Å². The second kappa shape index (κ2) is 6.86. The maximum absolute atomic E-state index is 11.8. The summed E-state index contributed by atoms with van der Waals surface area (Å²) in [5.74, 6) is 0.867. The number of amides is 1. The number of hydrogen-bond acceptors (Lipinski definition) is 4. The first-order chi connectivity index (χ1) is 9.67. The van der Waals surface area contributed by atoms with Crippen LogP contribution in [0.25, 0.3) is 0 Å². The lowest BCUT2D eigenvalue weighted by molar-refractivity contribution is -0.116.